The van der Waals surface area contributed by atoms with Crippen molar-refractivity contribution >= 4 is 17.5 Å². The number of carbonyl (C=O) groups excluding carboxylic acids is 1. The fourth-order valence-electron chi connectivity index (χ4n) is 2.28. The molecular weight excluding hydrogens is 306 g/mol. The van der Waals surface area contributed by atoms with Gasteiger partial charge >= 0.3 is 0 Å². The topological polar surface area (TPSA) is 99.7 Å². The van der Waals surface area contributed by atoms with Crippen molar-refractivity contribution in [2.45, 2.75) is 6.92 Å². The van der Waals surface area contributed by atoms with Crippen LogP contribution in [0, 0.1) is 6.92 Å². The average molecular weight is 323 g/mol. The van der Waals surface area contributed by atoms with Gasteiger partial charge in [0.1, 0.15) is 5.82 Å². The minimum absolute atomic E-state index is 0.148. The number of nitrogens with zero attached hydrogens (tertiary/aromatic N) is 5. The Balaban J connectivity index is 1.68. The van der Waals surface area contributed by atoms with E-state index in [4.69, 9.17) is 0 Å². The molecule has 0 unspecified atom stereocenters. The standard InChI is InChI=1S/C16H17N7O/c1-11-15(12-3-5-17-6-4-12)21-22-16(11)20-14(24)10-23(2)13-9-18-7-8-19-13/h3-9H,10H2,1-2H3,(H2,20,21,22,24). The molecule has 2 N–H and O–H groups in total. The predicted molar refractivity (Wildman–Crippen MR) is 90.5 cm³/mol. The summed E-state index contributed by atoms with van der Waals surface area (Å²) in [6.45, 7) is 2.05. The SMILES string of the molecule is Cc1c(NC(=O)CN(C)c2cnccn2)n[nH]c1-c1ccncc1. The van der Waals surface area contributed by atoms with Gasteiger partial charge in [-0.25, -0.2) is 4.98 Å². The number of anilines is 2. The van der Waals surface area contributed by atoms with E-state index in [-0.39, 0.29) is 12.5 Å². The van der Waals surface area contributed by atoms with Crippen LogP contribution in [-0.4, -0.2) is 44.6 Å². The van der Waals surface area contributed by atoms with Crippen LogP contribution in [0.1, 0.15) is 5.56 Å². The number of aromatic nitrogens is 5. The molecule has 0 spiro atoms. The van der Waals surface area contributed by atoms with Crippen molar-refractivity contribution in [3.63, 3.8) is 0 Å². The van der Waals surface area contributed by atoms with Gasteiger partial charge in [-0.1, -0.05) is 0 Å². The summed E-state index contributed by atoms with van der Waals surface area (Å²) >= 11 is 0. The van der Waals surface area contributed by atoms with Gasteiger partial charge in [0, 0.05) is 43.0 Å². The molecule has 8 nitrogen and oxygen atoms in total. The number of rotatable bonds is 5. The Hall–Kier alpha value is -3.29. The third kappa shape index (κ3) is 3.37. The van der Waals surface area contributed by atoms with Crippen molar-refractivity contribution in [1.29, 1.82) is 0 Å². The van der Waals surface area contributed by atoms with Crippen molar-refractivity contribution < 1.29 is 4.79 Å². The third-order valence-electron chi connectivity index (χ3n) is 3.56. The van der Waals surface area contributed by atoms with Crippen LogP contribution in [-0.2, 0) is 4.79 Å². The number of aromatic amines is 1. The zero-order chi connectivity index (χ0) is 16.9. The smallest absolute Gasteiger partial charge is 0.245 e. The average Bonchev–Trinajstić information content (AvgIpc) is 2.97. The molecule has 0 aromatic carbocycles. The first-order valence-corrected chi connectivity index (χ1v) is 7.37. The molecule has 0 fully saturated rings. The molecule has 0 aliphatic heterocycles. The minimum atomic E-state index is -0.181. The number of pyridine rings is 1. The molecular formula is C16H17N7O. The van der Waals surface area contributed by atoms with Gasteiger partial charge in [0.25, 0.3) is 0 Å². The molecule has 122 valence electrons. The van der Waals surface area contributed by atoms with Gasteiger partial charge in [-0.3, -0.25) is 19.9 Å². The lowest BCUT2D eigenvalue weighted by molar-refractivity contribution is -0.115. The van der Waals surface area contributed by atoms with Crippen LogP contribution in [0.5, 0.6) is 0 Å². The van der Waals surface area contributed by atoms with Crippen molar-refractivity contribution in [2.75, 3.05) is 23.8 Å². The predicted octanol–water partition coefficient (Wildman–Crippen LogP) is 1.65. The third-order valence-corrected chi connectivity index (χ3v) is 3.56. The first kappa shape index (κ1) is 15.6. The molecule has 3 aromatic heterocycles. The lowest BCUT2D eigenvalue weighted by atomic mass is 10.1. The molecule has 0 aliphatic rings. The number of H-pyrrole nitrogens is 1. The maximum Gasteiger partial charge on any atom is 0.245 e. The summed E-state index contributed by atoms with van der Waals surface area (Å²) in [5, 5.41) is 9.95. The van der Waals surface area contributed by atoms with Gasteiger partial charge in [-0.05, 0) is 19.1 Å². The Bertz CT molecular complexity index is 817. The van der Waals surface area contributed by atoms with E-state index in [0.717, 1.165) is 16.8 Å². The quantitative estimate of drug-likeness (QED) is 0.740. The summed E-state index contributed by atoms with van der Waals surface area (Å²) < 4.78 is 0. The highest BCUT2D eigenvalue weighted by molar-refractivity contribution is 5.94. The van der Waals surface area contributed by atoms with E-state index in [2.05, 4.69) is 30.5 Å². The zero-order valence-corrected chi connectivity index (χ0v) is 13.4. The van der Waals surface area contributed by atoms with Gasteiger partial charge in [0.2, 0.25) is 5.91 Å². The number of amides is 1. The lowest BCUT2D eigenvalue weighted by Gasteiger charge is -2.16. The molecule has 0 saturated heterocycles. The lowest BCUT2D eigenvalue weighted by Crippen LogP contribution is -2.30. The number of nitrogens with one attached hydrogen (secondary N) is 2. The number of hydrogen-bond donors (Lipinski definition) is 2. The summed E-state index contributed by atoms with van der Waals surface area (Å²) in [5.41, 5.74) is 2.69. The minimum Gasteiger partial charge on any atom is -0.349 e. The molecule has 3 heterocycles. The van der Waals surface area contributed by atoms with Crippen LogP contribution in [0.2, 0.25) is 0 Å². The molecule has 0 saturated carbocycles. The van der Waals surface area contributed by atoms with Crippen LogP contribution >= 0.6 is 0 Å². The summed E-state index contributed by atoms with van der Waals surface area (Å²) in [7, 11) is 1.78. The second-order valence-electron chi connectivity index (χ2n) is 5.28. The first-order valence-electron chi connectivity index (χ1n) is 7.37. The highest BCUT2D eigenvalue weighted by atomic mass is 16.2. The summed E-state index contributed by atoms with van der Waals surface area (Å²) in [6.07, 6.45) is 8.20. The summed E-state index contributed by atoms with van der Waals surface area (Å²) in [6, 6.07) is 3.77. The molecule has 8 heteroatoms. The zero-order valence-electron chi connectivity index (χ0n) is 13.4. The Labute approximate surface area is 139 Å². The van der Waals surface area contributed by atoms with Crippen molar-refractivity contribution in [3.8, 4) is 11.3 Å². The van der Waals surface area contributed by atoms with Crippen LogP contribution in [0.15, 0.2) is 43.1 Å². The van der Waals surface area contributed by atoms with Crippen LogP contribution in [0.4, 0.5) is 11.6 Å². The number of hydrogen-bond acceptors (Lipinski definition) is 6. The van der Waals surface area contributed by atoms with Crippen molar-refractivity contribution in [3.05, 3.63) is 48.7 Å². The van der Waals surface area contributed by atoms with E-state index in [1.165, 1.54) is 0 Å². The summed E-state index contributed by atoms with van der Waals surface area (Å²) in [5.74, 6) is 0.960. The molecule has 3 rings (SSSR count). The fraction of sp³-hybridized carbons (Fsp3) is 0.188. The Morgan fingerprint density at radius 1 is 1.21 bits per heavy atom. The maximum atomic E-state index is 12.2. The molecule has 24 heavy (non-hydrogen) atoms. The van der Waals surface area contributed by atoms with Gasteiger partial charge in [-0.15, -0.1) is 0 Å². The van der Waals surface area contributed by atoms with Gasteiger partial charge in [0.15, 0.2) is 5.82 Å². The van der Waals surface area contributed by atoms with Gasteiger partial charge in [0.05, 0.1) is 18.4 Å². The summed E-state index contributed by atoms with van der Waals surface area (Å²) in [4.78, 5) is 26.1. The van der Waals surface area contributed by atoms with Crippen LogP contribution in [0.25, 0.3) is 11.3 Å². The number of likely N-dealkylation sites (N-methyl/N-ethyl adjacent to an activating group) is 1. The monoisotopic (exact) mass is 323 g/mol. The normalized spacial score (nSPS) is 10.4. The molecule has 0 bridgehead atoms. The van der Waals surface area contributed by atoms with E-state index in [9.17, 15) is 4.79 Å². The highest BCUT2D eigenvalue weighted by Gasteiger charge is 2.14. The first-order chi connectivity index (χ1) is 11.6. The number of carbonyl (C=O) groups is 1. The molecule has 1 amide bonds. The Kier molecular flexibility index (Phi) is 4.46. The second kappa shape index (κ2) is 6.86. The van der Waals surface area contributed by atoms with E-state index >= 15 is 0 Å². The fourth-order valence-corrected chi connectivity index (χ4v) is 2.28. The van der Waals surface area contributed by atoms with Crippen LogP contribution < -0.4 is 10.2 Å². The van der Waals surface area contributed by atoms with E-state index in [1.54, 1.807) is 42.9 Å². The Morgan fingerprint density at radius 3 is 2.71 bits per heavy atom. The highest BCUT2D eigenvalue weighted by Crippen LogP contribution is 2.25. The second-order valence-corrected chi connectivity index (χ2v) is 5.28. The van der Waals surface area contributed by atoms with Crippen molar-refractivity contribution in [1.82, 2.24) is 25.1 Å². The molecule has 3 aromatic rings. The molecule has 0 aliphatic carbocycles. The van der Waals surface area contributed by atoms with Crippen LogP contribution in [0.3, 0.4) is 0 Å². The Morgan fingerprint density at radius 2 is 2.00 bits per heavy atom. The van der Waals surface area contributed by atoms with E-state index in [1.807, 2.05) is 19.1 Å². The maximum absolute atomic E-state index is 12.2. The molecule has 0 atom stereocenters. The molecule has 0 radical (unpaired) electrons. The van der Waals surface area contributed by atoms with Gasteiger partial charge < -0.3 is 10.2 Å². The van der Waals surface area contributed by atoms with Gasteiger partial charge in [-0.2, -0.15) is 5.10 Å². The van der Waals surface area contributed by atoms with E-state index < -0.39 is 0 Å². The largest absolute Gasteiger partial charge is 0.349 e. The van der Waals surface area contributed by atoms with E-state index in [0.29, 0.717) is 11.6 Å². The van der Waals surface area contributed by atoms with Crippen molar-refractivity contribution in [2.24, 2.45) is 0 Å².